The first-order valence-electron chi connectivity index (χ1n) is 8.16. The van der Waals surface area contributed by atoms with Gasteiger partial charge in [0.15, 0.2) is 0 Å². The van der Waals surface area contributed by atoms with Crippen molar-refractivity contribution in [2.24, 2.45) is 0 Å². The lowest BCUT2D eigenvalue weighted by Crippen LogP contribution is -2.36. The fourth-order valence-corrected chi connectivity index (χ4v) is 3.11. The van der Waals surface area contributed by atoms with E-state index in [1.54, 1.807) is 6.07 Å². The molecule has 0 radical (unpaired) electrons. The predicted octanol–water partition coefficient (Wildman–Crippen LogP) is 4.24. The number of benzene rings is 2. The molecule has 0 aromatic heterocycles. The van der Waals surface area contributed by atoms with Gasteiger partial charge in [0.1, 0.15) is 0 Å². The molecule has 0 saturated carbocycles. The van der Waals surface area contributed by atoms with Crippen LogP contribution in [0.15, 0.2) is 46.9 Å². The second kappa shape index (κ2) is 8.32. The third-order valence-electron chi connectivity index (χ3n) is 4.15. The van der Waals surface area contributed by atoms with Gasteiger partial charge in [0.25, 0.3) is 0 Å². The standard InChI is InChI=1S/C20H20BrNO3/c1-24-20(23)18-3-2-4-19(22-11-13-25-14-12-22)17(18)10-7-15-5-8-16(21)9-6-15/h2-10H,11-14H2,1H3. The summed E-state index contributed by atoms with van der Waals surface area (Å²) in [5.41, 5.74) is 3.54. The highest BCUT2D eigenvalue weighted by Gasteiger charge is 2.19. The SMILES string of the molecule is COC(=O)c1cccc(N2CCOCC2)c1C=Cc1ccc(Br)cc1. The van der Waals surface area contributed by atoms with E-state index in [0.29, 0.717) is 18.8 Å². The van der Waals surface area contributed by atoms with Crippen molar-refractivity contribution >= 4 is 39.7 Å². The van der Waals surface area contributed by atoms with Crippen LogP contribution in [0.25, 0.3) is 12.2 Å². The number of anilines is 1. The minimum absolute atomic E-state index is 0.328. The lowest BCUT2D eigenvalue weighted by molar-refractivity contribution is 0.0600. The second-order valence-corrected chi connectivity index (χ2v) is 6.63. The van der Waals surface area contributed by atoms with Gasteiger partial charge in [-0.1, -0.05) is 46.3 Å². The minimum atomic E-state index is -0.328. The van der Waals surface area contributed by atoms with Crippen molar-refractivity contribution in [2.75, 3.05) is 38.3 Å². The molecule has 130 valence electrons. The van der Waals surface area contributed by atoms with E-state index < -0.39 is 0 Å². The summed E-state index contributed by atoms with van der Waals surface area (Å²) in [6.45, 7) is 3.00. The number of nitrogens with zero attached hydrogens (tertiary/aromatic N) is 1. The molecular formula is C20H20BrNO3. The van der Waals surface area contributed by atoms with Gasteiger partial charge in [-0.3, -0.25) is 0 Å². The summed E-state index contributed by atoms with van der Waals surface area (Å²) in [5, 5.41) is 0. The van der Waals surface area contributed by atoms with E-state index in [2.05, 4.69) is 20.8 Å². The van der Waals surface area contributed by atoms with Crippen LogP contribution in [0.3, 0.4) is 0 Å². The summed E-state index contributed by atoms with van der Waals surface area (Å²) in [5.74, 6) is -0.328. The van der Waals surface area contributed by atoms with Crippen molar-refractivity contribution in [1.82, 2.24) is 0 Å². The first-order valence-corrected chi connectivity index (χ1v) is 8.96. The topological polar surface area (TPSA) is 38.8 Å². The number of carbonyl (C=O) groups is 1. The number of methoxy groups -OCH3 is 1. The molecule has 1 fully saturated rings. The number of ether oxygens (including phenoxy) is 2. The molecule has 3 rings (SSSR count). The molecule has 0 spiro atoms. The molecule has 0 atom stereocenters. The number of carbonyl (C=O) groups excluding carboxylic acids is 1. The summed E-state index contributed by atoms with van der Waals surface area (Å²) in [6, 6.07) is 13.8. The molecule has 2 aromatic carbocycles. The van der Waals surface area contributed by atoms with Crippen molar-refractivity contribution in [3.05, 3.63) is 63.6 Å². The number of halogens is 1. The largest absolute Gasteiger partial charge is 0.465 e. The minimum Gasteiger partial charge on any atom is -0.465 e. The van der Waals surface area contributed by atoms with Crippen molar-refractivity contribution in [1.29, 1.82) is 0 Å². The monoisotopic (exact) mass is 401 g/mol. The highest BCUT2D eigenvalue weighted by atomic mass is 79.9. The normalized spacial score (nSPS) is 14.7. The van der Waals surface area contributed by atoms with Crippen LogP contribution in [-0.2, 0) is 9.47 Å². The van der Waals surface area contributed by atoms with E-state index in [9.17, 15) is 4.79 Å². The molecule has 4 nitrogen and oxygen atoms in total. The molecule has 1 heterocycles. The van der Waals surface area contributed by atoms with E-state index in [0.717, 1.165) is 34.4 Å². The van der Waals surface area contributed by atoms with Gasteiger partial charge in [0, 0.05) is 28.8 Å². The van der Waals surface area contributed by atoms with Crippen molar-refractivity contribution in [2.45, 2.75) is 0 Å². The first kappa shape index (κ1) is 17.7. The predicted molar refractivity (Wildman–Crippen MR) is 104 cm³/mol. The zero-order valence-corrected chi connectivity index (χ0v) is 15.7. The Kier molecular flexibility index (Phi) is 5.89. The van der Waals surface area contributed by atoms with E-state index >= 15 is 0 Å². The van der Waals surface area contributed by atoms with Crippen LogP contribution < -0.4 is 4.90 Å². The number of rotatable bonds is 4. The van der Waals surface area contributed by atoms with Gasteiger partial charge < -0.3 is 14.4 Å². The van der Waals surface area contributed by atoms with Gasteiger partial charge in [0.05, 0.1) is 25.9 Å². The maximum Gasteiger partial charge on any atom is 0.338 e. The Labute approximate surface area is 156 Å². The van der Waals surface area contributed by atoms with Gasteiger partial charge >= 0.3 is 5.97 Å². The zero-order valence-electron chi connectivity index (χ0n) is 14.1. The first-order chi connectivity index (χ1) is 12.2. The summed E-state index contributed by atoms with van der Waals surface area (Å²) in [6.07, 6.45) is 4.00. The van der Waals surface area contributed by atoms with Crippen LogP contribution in [0.1, 0.15) is 21.5 Å². The summed E-state index contributed by atoms with van der Waals surface area (Å²) in [4.78, 5) is 14.5. The number of morpholine rings is 1. The number of esters is 1. The average molecular weight is 402 g/mol. The number of hydrogen-bond donors (Lipinski definition) is 0. The Balaban J connectivity index is 2.00. The molecule has 0 bridgehead atoms. The molecule has 0 N–H and O–H groups in total. The van der Waals surface area contributed by atoms with Crippen LogP contribution in [0.2, 0.25) is 0 Å². The van der Waals surface area contributed by atoms with Gasteiger partial charge in [0.2, 0.25) is 0 Å². The molecule has 1 aliphatic rings. The van der Waals surface area contributed by atoms with Gasteiger partial charge in [-0.15, -0.1) is 0 Å². The molecule has 0 aliphatic carbocycles. The quantitative estimate of drug-likeness (QED) is 0.567. The Morgan fingerprint density at radius 2 is 1.84 bits per heavy atom. The zero-order chi connectivity index (χ0) is 17.6. The highest BCUT2D eigenvalue weighted by molar-refractivity contribution is 9.10. The Bertz CT molecular complexity index is 765. The smallest absolute Gasteiger partial charge is 0.338 e. The van der Waals surface area contributed by atoms with Gasteiger partial charge in [-0.05, 0) is 29.8 Å². The molecule has 1 aliphatic heterocycles. The summed E-state index contributed by atoms with van der Waals surface area (Å²) < 4.78 is 11.4. The van der Waals surface area contributed by atoms with Gasteiger partial charge in [-0.25, -0.2) is 4.79 Å². The molecule has 0 amide bonds. The fourth-order valence-electron chi connectivity index (χ4n) is 2.85. The van der Waals surface area contributed by atoms with Crippen LogP contribution in [0.4, 0.5) is 5.69 Å². The van der Waals surface area contributed by atoms with Crippen molar-refractivity contribution in [3.8, 4) is 0 Å². The van der Waals surface area contributed by atoms with Crippen molar-refractivity contribution in [3.63, 3.8) is 0 Å². The molecule has 2 aromatic rings. The third kappa shape index (κ3) is 4.30. The van der Waals surface area contributed by atoms with E-state index in [4.69, 9.17) is 9.47 Å². The maximum atomic E-state index is 12.2. The Hall–Kier alpha value is -2.11. The molecule has 25 heavy (non-hydrogen) atoms. The average Bonchev–Trinajstić information content (AvgIpc) is 2.67. The Morgan fingerprint density at radius 1 is 1.12 bits per heavy atom. The lowest BCUT2D eigenvalue weighted by Gasteiger charge is -2.30. The van der Waals surface area contributed by atoms with E-state index in [-0.39, 0.29) is 5.97 Å². The molecule has 0 unspecified atom stereocenters. The van der Waals surface area contributed by atoms with Gasteiger partial charge in [-0.2, -0.15) is 0 Å². The second-order valence-electron chi connectivity index (χ2n) is 5.71. The Morgan fingerprint density at radius 3 is 2.52 bits per heavy atom. The van der Waals surface area contributed by atoms with Crippen LogP contribution in [0, 0.1) is 0 Å². The number of hydrogen-bond acceptors (Lipinski definition) is 4. The van der Waals surface area contributed by atoms with Crippen molar-refractivity contribution < 1.29 is 14.3 Å². The fraction of sp³-hybridized carbons (Fsp3) is 0.250. The molecule has 5 heteroatoms. The van der Waals surface area contributed by atoms with E-state index in [1.807, 2.05) is 48.6 Å². The van der Waals surface area contributed by atoms with E-state index in [1.165, 1.54) is 7.11 Å². The highest BCUT2D eigenvalue weighted by Crippen LogP contribution is 2.28. The van der Waals surface area contributed by atoms with Crippen LogP contribution in [0.5, 0.6) is 0 Å². The summed E-state index contributed by atoms with van der Waals surface area (Å²) in [7, 11) is 1.41. The third-order valence-corrected chi connectivity index (χ3v) is 4.68. The maximum absolute atomic E-state index is 12.2. The van der Waals surface area contributed by atoms with Crippen LogP contribution >= 0.6 is 15.9 Å². The molecule has 1 saturated heterocycles. The lowest BCUT2D eigenvalue weighted by atomic mass is 10.0. The van der Waals surface area contributed by atoms with Crippen LogP contribution in [-0.4, -0.2) is 39.4 Å². The molecular weight excluding hydrogens is 382 g/mol. The summed E-state index contributed by atoms with van der Waals surface area (Å²) >= 11 is 3.44.